The molecule has 1 aromatic heterocycles. The Morgan fingerprint density at radius 1 is 1.53 bits per heavy atom. The van der Waals surface area contributed by atoms with Gasteiger partial charge in [0.05, 0.1) is 19.6 Å². The lowest BCUT2D eigenvalue weighted by Gasteiger charge is -2.46. The first kappa shape index (κ1) is 12.2. The van der Waals surface area contributed by atoms with Gasteiger partial charge in [-0.15, -0.1) is 0 Å². The monoisotopic (exact) mass is 285 g/mol. The quantitative estimate of drug-likeness (QED) is 0.664. The van der Waals surface area contributed by atoms with Crippen molar-refractivity contribution in [2.45, 2.75) is 10.5 Å². The molecule has 2 N–H and O–H groups in total. The van der Waals surface area contributed by atoms with Crippen LogP contribution in [0.15, 0.2) is 23.2 Å². The van der Waals surface area contributed by atoms with E-state index in [9.17, 15) is 13.2 Å². The second kappa shape index (κ2) is 3.81. The first-order valence-electron chi connectivity index (χ1n) is 5.53. The lowest BCUT2D eigenvalue weighted by atomic mass is 9.94. The molecule has 0 bridgehead atoms. The molecule has 2 aliphatic rings. The molecule has 3 rings (SSSR count). The van der Waals surface area contributed by atoms with Crippen molar-refractivity contribution in [3.8, 4) is 5.88 Å². The summed E-state index contributed by atoms with van der Waals surface area (Å²) in [5.74, 6) is 0.0116. The SMILES string of the molecule is O=C(O)N1CC2(CNS(=O)(=O)c3cccnc3O2)C1. The number of rotatable bonds is 0. The van der Waals surface area contributed by atoms with Crippen LogP contribution in [0.25, 0.3) is 0 Å². The van der Waals surface area contributed by atoms with Crippen LogP contribution in [0.4, 0.5) is 4.79 Å². The van der Waals surface area contributed by atoms with Crippen LogP contribution < -0.4 is 9.46 Å². The predicted octanol–water partition coefficient (Wildman–Crippen LogP) is -0.515. The number of nitrogens with zero attached hydrogens (tertiary/aromatic N) is 2. The standard InChI is InChI=1S/C10H11N3O5S/c14-9(15)13-5-10(6-13)4-12-19(16,17)7-2-1-3-11-8(7)18-10/h1-3,12H,4-6H2,(H,14,15). The third-order valence-corrected chi connectivity index (χ3v) is 4.57. The molecule has 0 saturated carbocycles. The van der Waals surface area contributed by atoms with Gasteiger partial charge in [-0.1, -0.05) is 0 Å². The molecule has 1 fully saturated rings. The van der Waals surface area contributed by atoms with Gasteiger partial charge in [0, 0.05) is 6.20 Å². The summed E-state index contributed by atoms with van der Waals surface area (Å²) in [6.45, 7) is 0.247. The van der Waals surface area contributed by atoms with E-state index in [0.717, 1.165) is 4.90 Å². The van der Waals surface area contributed by atoms with Crippen LogP contribution in [-0.4, -0.2) is 54.7 Å². The zero-order valence-electron chi connectivity index (χ0n) is 9.74. The summed E-state index contributed by atoms with van der Waals surface area (Å²) < 4.78 is 32.0. The number of sulfonamides is 1. The van der Waals surface area contributed by atoms with E-state index in [-0.39, 0.29) is 30.4 Å². The summed E-state index contributed by atoms with van der Waals surface area (Å²) in [6.07, 6.45) is 0.378. The number of pyridine rings is 1. The Kier molecular flexibility index (Phi) is 2.44. The molecular weight excluding hydrogens is 274 g/mol. The van der Waals surface area contributed by atoms with Crippen molar-refractivity contribution in [2.24, 2.45) is 0 Å². The number of aromatic nitrogens is 1. The molecule has 1 spiro atoms. The van der Waals surface area contributed by atoms with Gasteiger partial charge >= 0.3 is 6.09 Å². The fourth-order valence-corrected chi connectivity index (χ4v) is 3.35. The Labute approximate surface area is 109 Å². The first-order valence-corrected chi connectivity index (χ1v) is 7.02. The van der Waals surface area contributed by atoms with E-state index >= 15 is 0 Å². The van der Waals surface area contributed by atoms with Crippen molar-refractivity contribution in [3.63, 3.8) is 0 Å². The fourth-order valence-electron chi connectivity index (χ4n) is 2.16. The van der Waals surface area contributed by atoms with Crippen molar-refractivity contribution in [3.05, 3.63) is 18.3 Å². The molecule has 3 heterocycles. The van der Waals surface area contributed by atoms with Crippen molar-refractivity contribution in [2.75, 3.05) is 19.6 Å². The van der Waals surface area contributed by atoms with Gasteiger partial charge in [0.2, 0.25) is 15.9 Å². The van der Waals surface area contributed by atoms with Gasteiger partial charge in [0.25, 0.3) is 0 Å². The Morgan fingerprint density at radius 3 is 2.95 bits per heavy atom. The molecule has 2 aliphatic heterocycles. The molecule has 0 radical (unpaired) electrons. The van der Waals surface area contributed by atoms with E-state index in [2.05, 4.69) is 9.71 Å². The summed E-state index contributed by atoms with van der Waals surface area (Å²) in [7, 11) is -3.67. The van der Waals surface area contributed by atoms with Crippen LogP contribution in [0, 0.1) is 0 Å². The summed E-state index contributed by atoms with van der Waals surface area (Å²) in [5, 5.41) is 8.83. The maximum atomic E-state index is 12.0. The number of carboxylic acid groups (broad SMARTS) is 1. The third kappa shape index (κ3) is 1.90. The highest BCUT2D eigenvalue weighted by Gasteiger charge is 2.50. The molecule has 8 nitrogen and oxygen atoms in total. The van der Waals surface area contributed by atoms with Crippen molar-refractivity contribution in [1.29, 1.82) is 0 Å². The van der Waals surface area contributed by atoms with Crippen molar-refractivity contribution >= 4 is 16.1 Å². The normalized spacial score (nSPS) is 22.8. The molecule has 102 valence electrons. The number of fused-ring (bicyclic) bond motifs is 1. The molecule has 1 aromatic rings. The summed E-state index contributed by atoms with van der Waals surface area (Å²) in [5.41, 5.74) is -0.870. The number of amides is 1. The van der Waals surface area contributed by atoms with Crippen LogP contribution >= 0.6 is 0 Å². The second-order valence-electron chi connectivity index (χ2n) is 4.55. The van der Waals surface area contributed by atoms with E-state index in [0.29, 0.717) is 0 Å². The maximum Gasteiger partial charge on any atom is 0.407 e. The average molecular weight is 285 g/mol. The van der Waals surface area contributed by atoms with Gasteiger partial charge in [0.1, 0.15) is 4.90 Å². The zero-order valence-corrected chi connectivity index (χ0v) is 10.6. The highest BCUT2D eigenvalue weighted by Crippen LogP contribution is 2.33. The summed E-state index contributed by atoms with van der Waals surface area (Å²) in [4.78, 5) is 15.8. The highest BCUT2D eigenvalue weighted by atomic mass is 32.2. The number of hydrogen-bond acceptors (Lipinski definition) is 5. The van der Waals surface area contributed by atoms with E-state index < -0.39 is 21.7 Å². The minimum Gasteiger partial charge on any atom is -0.465 e. The smallest absolute Gasteiger partial charge is 0.407 e. The van der Waals surface area contributed by atoms with Gasteiger partial charge in [0.15, 0.2) is 5.60 Å². The molecule has 0 aromatic carbocycles. The van der Waals surface area contributed by atoms with Crippen LogP contribution in [0.2, 0.25) is 0 Å². The topological polar surface area (TPSA) is 109 Å². The molecule has 9 heteroatoms. The Balaban J connectivity index is 1.94. The maximum absolute atomic E-state index is 12.0. The van der Waals surface area contributed by atoms with Gasteiger partial charge in [-0.05, 0) is 12.1 Å². The van der Waals surface area contributed by atoms with E-state index in [1.165, 1.54) is 18.3 Å². The molecule has 0 aliphatic carbocycles. The van der Waals surface area contributed by atoms with E-state index in [1.54, 1.807) is 0 Å². The summed E-state index contributed by atoms with van der Waals surface area (Å²) in [6, 6.07) is 2.90. The minimum absolute atomic E-state index is 0.0116. The molecule has 1 amide bonds. The van der Waals surface area contributed by atoms with Gasteiger partial charge < -0.3 is 14.7 Å². The Morgan fingerprint density at radius 2 is 2.26 bits per heavy atom. The van der Waals surface area contributed by atoms with Crippen LogP contribution in [-0.2, 0) is 10.0 Å². The predicted molar refractivity (Wildman–Crippen MR) is 62.4 cm³/mol. The second-order valence-corrected chi connectivity index (χ2v) is 6.29. The summed E-state index contributed by atoms with van der Waals surface area (Å²) >= 11 is 0. The number of ether oxygens (including phenoxy) is 1. The van der Waals surface area contributed by atoms with Crippen LogP contribution in [0.3, 0.4) is 0 Å². The van der Waals surface area contributed by atoms with Crippen LogP contribution in [0.1, 0.15) is 0 Å². The number of carbonyl (C=O) groups is 1. The third-order valence-electron chi connectivity index (χ3n) is 3.15. The van der Waals surface area contributed by atoms with Gasteiger partial charge in [-0.25, -0.2) is 22.9 Å². The van der Waals surface area contributed by atoms with Crippen molar-refractivity contribution in [1.82, 2.24) is 14.6 Å². The van der Waals surface area contributed by atoms with Gasteiger partial charge in [-0.3, -0.25) is 0 Å². The molecule has 1 saturated heterocycles. The first-order chi connectivity index (χ1) is 8.92. The minimum atomic E-state index is -3.67. The number of likely N-dealkylation sites (tertiary alicyclic amines) is 1. The molecule has 0 atom stereocenters. The number of hydrogen-bond donors (Lipinski definition) is 2. The van der Waals surface area contributed by atoms with E-state index in [1.807, 2.05) is 0 Å². The average Bonchev–Trinajstić information content (AvgIpc) is 2.42. The lowest BCUT2D eigenvalue weighted by molar-refractivity contribution is -0.0618. The highest BCUT2D eigenvalue weighted by molar-refractivity contribution is 7.89. The Bertz CT molecular complexity index is 638. The van der Waals surface area contributed by atoms with Gasteiger partial charge in [-0.2, -0.15) is 0 Å². The Hall–Kier alpha value is -1.87. The molecule has 19 heavy (non-hydrogen) atoms. The lowest BCUT2D eigenvalue weighted by Crippen LogP contribution is -2.69. The molecular formula is C10H11N3O5S. The zero-order chi connectivity index (χ0) is 13.7. The fraction of sp³-hybridized carbons (Fsp3) is 0.400. The molecule has 0 unspecified atom stereocenters. The van der Waals surface area contributed by atoms with Crippen LogP contribution in [0.5, 0.6) is 5.88 Å². The largest absolute Gasteiger partial charge is 0.465 e. The number of nitrogens with one attached hydrogen (secondary N) is 1. The van der Waals surface area contributed by atoms with Crippen molar-refractivity contribution < 1.29 is 23.1 Å². The van der Waals surface area contributed by atoms with E-state index in [4.69, 9.17) is 9.84 Å².